The number of ether oxygens (including phenoxy) is 1. The zero-order chi connectivity index (χ0) is 8.06. The van der Waals surface area contributed by atoms with Crippen LogP contribution in [0.3, 0.4) is 0 Å². The molecule has 3 nitrogen and oxygen atoms in total. The Balaban J connectivity index is 2.28. The molecule has 0 radical (unpaired) electrons. The van der Waals surface area contributed by atoms with E-state index in [0.29, 0.717) is 0 Å². The maximum Gasteiger partial charge on any atom is 0.351 e. The van der Waals surface area contributed by atoms with E-state index in [1.807, 2.05) is 6.92 Å². The third-order valence-electron chi connectivity index (χ3n) is 2.11. The van der Waals surface area contributed by atoms with Crippen LogP contribution < -0.4 is 0 Å². The van der Waals surface area contributed by atoms with Crippen molar-refractivity contribution in [1.29, 1.82) is 0 Å². The van der Waals surface area contributed by atoms with Crippen molar-refractivity contribution in [3.63, 3.8) is 0 Å². The number of hydrogen-bond donors (Lipinski definition) is 1. The standard InChI is InChI=1S/C8H8O3/c1-5-2-3-8(7(9)10)6(4-5)11-8/h5-6H,4H2,1H3,(H,9,10). The molecule has 1 fully saturated rings. The summed E-state index contributed by atoms with van der Waals surface area (Å²) in [7, 11) is 0. The summed E-state index contributed by atoms with van der Waals surface area (Å²) in [5.74, 6) is 4.82. The lowest BCUT2D eigenvalue weighted by molar-refractivity contribution is -0.140. The van der Waals surface area contributed by atoms with E-state index < -0.39 is 11.6 Å². The van der Waals surface area contributed by atoms with Crippen LogP contribution in [-0.4, -0.2) is 22.8 Å². The molecule has 0 aromatic carbocycles. The van der Waals surface area contributed by atoms with Gasteiger partial charge in [-0.05, 0) is 6.42 Å². The number of hydrogen-bond acceptors (Lipinski definition) is 2. The molecule has 1 aliphatic carbocycles. The number of carboxylic acids is 1. The summed E-state index contributed by atoms with van der Waals surface area (Å²) in [4.78, 5) is 10.6. The minimum Gasteiger partial charge on any atom is -0.478 e. The van der Waals surface area contributed by atoms with Gasteiger partial charge in [0.25, 0.3) is 5.60 Å². The van der Waals surface area contributed by atoms with Crippen LogP contribution in [0.2, 0.25) is 0 Å². The zero-order valence-corrected chi connectivity index (χ0v) is 6.13. The van der Waals surface area contributed by atoms with E-state index >= 15 is 0 Å². The lowest BCUT2D eigenvalue weighted by Crippen LogP contribution is -2.28. The first-order valence-electron chi connectivity index (χ1n) is 3.59. The van der Waals surface area contributed by atoms with E-state index in [1.165, 1.54) is 0 Å². The van der Waals surface area contributed by atoms with Crippen LogP contribution in [0.5, 0.6) is 0 Å². The van der Waals surface area contributed by atoms with E-state index in [9.17, 15) is 4.79 Å². The lowest BCUT2D eigenvalue weighted by Gasteiger charge is -2.06. The molecule has 0 saturated carbocycles. The van der Waals surface area contributed by atoms with Crippen molar-refractivity contribution in [3.8, 4) is 11.8 Å². The van der Waals surface area contributed by atoms with Crippen LogP contribution in [0.4, 0.5) is 0 Å². The van der Waals surface area contributed by atoms with Gasteiger partial charge >= 0.3 is 5.97 Å². The van der Waals surface area contributed by atoms with Gasteiger partial charge in [-0.3, -0.25) is 0 Å². The fourth-order valence-electron chi connectivity index (χ4n) is 1.37. The van der Waals surface area contributed by atoms with Crippen molar-refractivity contribution >= 4 is 5.97 Å². The van der Waals surface area contributed by atoms with Crippen molar-refractivity contribution < 1.29 is 14.6 Å². The zero-order valence-electron chi connectivity index (χ0n) is 6.13. The van der Waals surface area contributed by atoms with Crippen LogP contribution in [0, 0.1) is 17.8 Å². The molecule has 3 unspecified atom stereocenters. The summed E-state index contributed by atoms with van der Waals surface area (Å²) >= 11 is 0. The Labute approximate surface area is 64.4 Å². The number of epoxide rings is 1. The predicted octanol–water partition coefficient (Wildman–Crippen LogP) is 0.252. The fraction of sp³-hybridized carbons (Fsp3) is 0.625. The molecule has 0 aromatic rings. The Bertz CT molecular complexity index is 273. The second kappa shape index (κ2) is 1.77. The SMILES string of the molecule is CC1C#CC2(C(=O)O)OC2C1. The maximum absolute atomic E-state index is 10.6. The largest absolute Gasteiger partial charge is 0.478 e. The number of carbonyl (C=O) groups is 1. The van der Waals surface area contributed by atoms with Gasteiger partial charge in [0.15, 0.2) is 0 Å². The van der Waals surface area contributed by atoms with Crippen molar-refractivity contribution in [3.05, 3.63) is 0 Å². The third kappa shape index (κ3) is 0.763. The Morgan fingerprint density at radius 3 is 3.09 bits per heavy atom. The molecule has 0 bridgehead atoms. The Morgan fingerprint density at radius 2 is 2.55 bits per heavy atom. The topological polar surface area (TPSA) is 49.8 Å². The first-order valence-corrected chi connectivity index (χ1v) is 3.59. The van der Waals surface area contributed by atoms with E-state index in [2.05, 4.69) is 11.8 Å². The van der Waals surface area contributed by atoms with Crippen LogP contribution in [-0.2, 0) is 9.53 Å². The average molecular weight is 152 g/mol. The molecule has 2 rings (SSSR count). The van der Waals surface area contributed by atoms with Gasteiger partial charge in [-0.2, -0.15) is 0 Å². The molecule has 58 valence electrons. The molecule has 2 aliphatic rings. The lowest BCUT2D eigenvalue weighted by atomic mass is 9.92. The van der Waals surface area contributed by atoms with Gasteiger partial charge in [0.05, 0.1) is 0 Å². The maximum atomic E-state index is 10.6. The second-order valence-corrected chi connectivity index (χ2v) is 3.05. The van der Waals surface area contributed by atoms with Crippen LogP contribution in [0.1, 0.15) is 13.3 Å². The molecule has 11 heavy (non-hydrogen) atoms. The molecule has 0 spiro atoms. The molecule has 1 saturated heterocycles. The van der Waals surface area contributed by atoms with Gasteiger partial charge in [-0.25, -0.2) is 4.79 Å². The van der Waals surface area contributed by atoms with E-state index in [0.717, 1.165) is 6.42 Å². The van der Waals surface area contributed by atoms with Crippen molar-refractivity contribution in [2.75, 3.05) is 0 Å². The van der Waals surface area contributed by atoms with Gasteiger partial charge in [-0.15, -0.1) is 0 Å². The highest BCUT2D eigenvalue weighted by Gasteiger charge is 2.63. The highest BCUT2D eigenvalue weighted by Crippen LogP contribution is 2.42. The first kappa shape index (κ1) is 6.68. The summed E-state index contributed by atoms with van der Waals surface area (Å²) in [5, 5.41) is 8.70. The molecule has 0 aromatic heterocycles. The highest BCUT2D eigenvalue weighted by molar-refractivity contribution is 5.86. The van der Waals surface area contributed by atoms with Crippen molar-refractivity contribution in [2.24, 2.45) is 5.92 Å². The fourth-order valence-corrected chi connectivity index (χ4v) is 1.37. The molecule has 1 heterocycles. The average Bonchev–Trinajstić information content (AvgIpc) is 2.62. The molecule has 0 amide bonds. The summed E-state index contributed by atoms with van der Waals surface area (Å²) in [6.45, 7) is 1.97. The summed E-state index contributed by atoms with van der Waals surface area (Å²) in [6.07, 6.45) is 0.593. The molecule has 1 N–H and O–H groups in total. The van der Waals surface area contributed by atoms with Gasteiger partial charge in [0.2, 0.25) is 0 Å². The van der Waals surface area contributed by atoms with Gasteiger partial charge in [-0.1, -0.05) is 18.8 Å². The first-order chi connectivity index (χ1) is 5.15. The number of fused-ring (bicyclic) bond motifs is 1. The summed E-state index contributed by atoms with van der Waals surface area (Å²) in [6, 6.07) is 0. The number of aliphatic carboxylic acids is 1. The summed E-state index contributed by atoms with van der Waals surface area (Å²) < 4.78 is 5.02. The number of rotatable bonds is 1. The van der Waals surface area contributed by atoms with Crippen LogP contribution >= 0.6 is 0 Å². The van der Waals surface area contributed by atoms with E-state index in [-0.39, 0.29) is 12.0 Å². The van der Waals surface area contributed by atoms with Gasteiger partial charge in [0, 0.05) is 5.92 Å². The van der Waals surface area contributed by atoms with Crippen LogP contribution in [0.25, 0.3) is 0 Å². The quantitative estimate of drug-likeness (QED) is 0.433. The molecule has 3 heteroatoms. The van der Waals surface area contributed by atoms with Crippen molar-refractivity contribution in [2.45, 2.75) is 25.0 Å². The van der Waals surface area contributed by atoms with Gasteiger partial charge in [0.1, 0.15) is 6.10 Å². The molecule has 3 atom stereocenters. The minimum absolute atomic E-state index is 0.156. The van der Waals surface area contributed by atoms with E-state index in [4.69, 9.17) is 9.84 Å². The highest BCUT2D eigenvalue weighted by atomic mass is 16.6. The third-order valence-corrected chi connectivity index (χ3v) is 2.11. The van der Waals surface area contributed by atoms with Gasteiger partial charge < -0.3 is 9.84 Å². The second-order valence-electron chi connectivity index (χ2n) is 3.05. The molecular formula is C8H8O3. The van der Waals surface area contributed by atoms with E-state index in [1.54, 1.807) is 0 Å². The smallest absolute Gasteiger partial charge is 0.351 e. The Hall–Kier alpha value is -1.01. The predicted molar refractivity (Wildman–Crippen MR) is 36.8 cm³/mol. The summed E-state index contributed by atoms with van der Waals surface area (Å²) in [5.41, 5.74) is -1.12. The normalized spacial score (nSPS) is 45.2. The minimum atomic E-state index is -1.12. The van der Waals surface area contributed by atoms with Crippen LogP contribution in [0.15, 0.2) is 0 Å². The van der Waals surface area contributed by atoms with Crippen molar-refractivity contribution in [1.82, 2.24) is 0 Å². The molecular weight excluding hydrogens is 144 g/mol. The Kier molecular flexibility index (Phi) is 1.08. The molecule has 1 aliphatic heterocycles. The number of carboxylic acid groups (broad SMARTS) is 1. The monoisotopic (exact) mass is 152 g/mol. The Morgan fingerprint density at radius 1 is 1.82 bits per heavy atom.